The maximum atomic E-state index is 12.9. The number of aromatic nitrogens is 1. The zero-order chi connectivity index (χ0) is 28.2. The maximum absolute atomic E-state index is 12.9. The number of carboxylic acids is 1. The van der Waals surface area contributed by atoms with Gasteiger partial charge in [0.15, 0.2) is 0 Å². The molecule has 4 amide bonds. The number of hydrazone groups is 1. The summed E-state index contributed by atoms with van der Waals surface area (Å²) < 4.78 is 0. The van der Waals surface area contributed by atoms with Crippen molar-refractivity contribution in [3.05, 3.63) is 59.4 Å². The lowest BCUT2D eigenvalue weighted by molar-refractivity contribution is -0.141. The van der Waals surface area contributed by atoms with Gasteiger partial charge < -0.3 is 26.4 Å². The first-order chi connectivity index (χ1) is 18.5. The third kappa shape index (κ3) is 6.77. The number of hydrogen-bond donors (Lipinski definition) is 4. The summed E-state index contributed by atoms with van der Waals surface area (Å²) in [7, 11) is 0. The highest BCUT2D eigenvalue weighted by Gasteiger charge is 2.38. The predicted octanol–water partition coefficient (Wildman–Crippen LogP) is 1.90. The van der Waals surface area contributed by atoms with Crippen LogP contribution < -0.4 is 16.4 Å². The molecule has 1 aromatic heterocycles. The average molecular weight is 536 g/mol. The molecule has 5 N–H and O–H groups in total. The second kappa shape index (κ2) is 11.6. The summed E-state index contributed by atoms with van der Waals surface area (Å²) >= 11 is 0. The summed E-state index contributed by atoms with van der Waals surface area (Å²) in [5.74, 6) is -1.81. The summed E-state index contributed by atoms with van der Waals surface area (Å²) in [6.45, 7) is 5.33. The summed E-state index contributed by atoms with van der Waals surface area (Å²) in [6.07, 6.45) is 4.09. The third-order valence-electron chi connectivity index (χ3n) is 6.74. The Bertz CT molecular complexity index is 1270. The van der Waals surface area contributed by atoms with Crippen molar-refractivity contribution in [3.8, 4) is 0 Å². The minimum atomic E-state index is -1.25. The smallest absolute Gasteiger partial charge is 0.322 e. The highest BCUT2D eigenvalue weighted by molar-refractivity contribution is 6.06. The first kappa shape index (κ1) is 27.7. The summed E-state index contributed by atoms with van der Waals surface area (Å²) in [4.78, 5) is 54.2. The van der Waals surface area contributed by atoms with E-state index in [4.69, 9.17) is 10.8 Å². The quantitative estimate of drug-likeness (QED) is 0.355. The van der Waals surface area contributed by atoms with Gasteiger partial charge in [0, 0.05) is 50.7 Å². The minimum absolute atomic E-state index is 0.115. The van der Waals surface area contributed by atoms with Gasteiger partial charge in [0.05, 0.1) is 17.5 Å². The van der Waals surface area contributed by atoms with Crippen molar-refractivity contribution in [2.75, 3.05) is 18.4 Å². The standard InChI is InChI=1S/C27H33N7O5/c1-27(2)13-22(32-34(25(27)38)11-3-9-30-23(35)12-21(28)24(36)37)17-4-6-20(7-5-17)31-26(39)33-15-18-8-10-29-14-19(18)16-33/h4-8,10,14,21H,3,9,11-13,15-16,28H2,1-2H3,(H,30,35)(H,31,39)(H,36,37)/t21-/m0/s1. The Morgan fingerprint density at radius 3 is 2.54 bits per heavy atom. The molecule has 206 valence electrons. The van der Waals surface area contributed by atoms with Gasteiger partial charge in [-0.1, -0.05) is 26.0 Å². The predicted molar refractivity (Wildman–Crippen MR) is 143 cm³/mol. The van der Waals surface area contributed by atoms with Gasteiger partial charge in [0.2, 0.25) is 11.8 Å². The van der Waals surface area contributed by atoms with Gasteiger partial charge in [-0.15, -0.1) is 0 Å². The van der Waals surface area contributed by atoms with Crippen molar-refractivity contribution in [2.45, 2.75) is 52.2 Å². The van der Waals surface area contributed by atoms with Gasteiger partial charge in [-0.2, -0.15) is 5.10 Å². The van der Waals surface area contributed by atoms with Crippen LogP contribution in [0.15, 0.2) is 47.8 Å². The lowest BCUT2D eigenvalue weighted by atomic mass is 9.82. The summed E-state index contributed by atoms with van der Waals surface area (Å²) in [6, 6.07) is 7.84. The largest absolute Gasteiger partial charge is 0.480 e. The van der Waals surface area contributed by atoms with Gasteiger partial charge in [-0.05, 0) is 41.3 Å². The molecule has 0 spiro atoms. The number of amides is 4. The third-order valence-corrected chi connectivity index (χ3v) is 6.74. The molecule has 2 aliphatic heterocycles. The lowest BCUT2D eigenvalue weighted by Crippen LogP contribution is -2.45. The molecule has 12 nitrogen and oxygen atoms in total. The van der Waals surface area contributed by atoms with Crippen LogP contribution in [-0.4, -0.2) is 68.7 Å². The Morgan fingerprint density at radius 2 is 1.85 bits per heavy atom. The van der Waals surface area contributed by atoms with Crippen LogP contribution in [0.5, 0.6) is 0 Å². The highest BCUT2D eigenvalue weighted by Crippen LogP contribution is 2.31. The fourth-order valence-corrected chi connectivity index (χ4v) is 4.51. The van der Waals surface area contributed by atoms with Crippen LogP contribution in [-0.2, 0) is 27.5 Å². The van der Waals surface area contributed by atoms with Gasteiger partial charge in [-0.3, -0.25) is 19.4 Å². The first-order valence-electron chi connectivity index (χ1n) is 12.8. The van der Waals surface area contributed by atoms with Crippen LogP contribution in [0.4, 0.5) is 10.5 Å². The number of urea groups is 1. The Morgan fingerprint density at radius 1 is 1.13 bits per heavy atom. The van der Waals surface area contributed by atoms with E-state index in [1.54, 1.807) is 17.3 Å². The van der Waals surface area contributed by atoms with E-state index in [0.717, 1.165) is 22.4 Å². The first-order valence-corrected chi connectivity index (χ1v) is 12.8. The number of fused-ring (bicyclic) bond motifs is 1. The SMILES string of the molecule is CC1(C)CC(c2ccc(NC(=O)N3Cc4ccncc4C3)cc2)=NN(CCCNC(=O)C[C@H](N)C(=O)O)C1=O. The number of nitrogens with one attached hydrogen (secondary N) is 2. The molecule has 0 radical (unpaired) electrons. The zero-order valence-corrected chi connectivity index (χ0v) is 22.0. The topological polar surface area (TPSA) is 170 Å². The molecular weight excluding hydrogens is 502 g/mol. The van der Waals surface area contributed by atoms with Crippen molar-refractivity contribution in [2.24, 2.45) is 16.3 Å². The average Bonchev–Trinajstić information content (AvgIpc) is 3.34. The molecule has 2 aliphatic rings. The molecule has 4 rings (SSSR count). The molecule has 0 bridgehead atoms. The van der Waals surface area contributed by atoms with Crippen LogP contribution in [0.2, 0.25) is 0 Å². The van der Waals surface area contributed by atoms with E-state index >= 15 is 0 Å². The molecular formula is C27H33N7O5. The molecule has 0 saturated heterocycles. The van der Waals surface area contributed by atoms with Crippen LogP contribution in [0.3, 0.4) is 0 Å². The Labute approximate surface area is 226 Å². The van der Waals surface area contributed by atoms with Gasteiger partial charge >= 0.3 is 12.0 Å². The fraction of sp³-hybridized carbons (Fsp3) is 0.407. The Balaban J connectivity index is 1.34. The Kier molecular flexibility index (Phi) is 8.24. The normalized spacial score (nSPS) is 16.8. The molecule has 0 unspecified atom stereocenters. The van der Waals surface area contributed by atoms with Crippen molar-refractivity contribution in [3.63, 3.8) is 0 Å². The number of rotatable bonds is 9. The van der Waals surface area contributed by atoms with Gasteiger partial charge in [0.1, 0.15) is 6.04 Å². The molecule has 0 fully saturated rings. The van der Waals surface area contributed by atoms with Gasteiger partial charge in [-0.25, -0.2) is 9.80 Å². The van der Waals surface area contributed by atoms with Gasteiger partial charge in [0.25, 0.3) is 0 Å². The van der Waals surface area contributed by atoms with Crippen LogP contribution in [0.1, 0.15) is 49.8 Å². The number of pyridine rings is 1. The van der Waals surface area contributed by atoms with Crippen molar-refractivity contribution >= 4 is 35.2 Å². The number of carboxylic acid groups (broad SMARTS) is 1. The molecule has 0 saturated carbocycles. The van der Waals surface area contributed by atoms with E-state index in [1.807, 2.05) is 44.2 Å². The Hall–Kier alpha value is -4.32. The van der Waals surface area contributed by atoms with E-state index < -0.39 is 23.3 Å². The van der Waals surface area contributed by atoms with E-state index in [9.17, 15) is 19.2 Å². The number of aliphatic carboxylic acids is 1. The lowest BCUT2D eigenvalue weighted by Gasteiger charge is -2.34. The maximum Gasteiger partial charge on any atom is 0.322 e. The number of nitrogens with two attached hydrogens (primary N) is 1. The number of carbonyl (C=O) groups is 4. The van der Waals surface area contributed by atoms with Crippen LogP contribution in [0.25, 0.3) is 0 Å². The molecule has 12 heteroatoms. The number of carbonyl (C=O) groups excluding carboxylic acids is 3. The molecule has 3 heterocycles. The number of nitrogens with zero attached hydrogens (tertiary/aromatic N) is 4. The zero-order valence-electron chi connectivity index (χ0n) is 22.0. The molecule has 2 aromatic rings. The second-order valence-electron chi connectivity index (χ2n) is 10.4. The minimum Gasteiger partial charge on any atom is -0.480 e. The van der Waals surface area contributed by atoms with E-state index in [2.05, 4.69) is 20.7 Å². The summed E-state index contributed by atoms with van der Waals surface area (Å²) in [5.41, 5.74) is 9.10. The number of anilines is 1. The van der Waals surface area contributed by atoms with Crippen LogP contribution >= 0.6 is 0 Å². The van der Waals surface area contributed by atoms with E-state index in [-0.39, 0.29) is 24.9 Å². The number of benzene rings is 1. The molecule has 0 aliphatic carbocycles. The molecule has 1 aromatic carbocycles. The number of hydrogen-bond acceptors (Lipinski definition) is 7. The van der Waals surface area contributed by atoms with Crippen molar-refractivity contribution in [1.82, 2.24) is 20.2 Å². The molecule has 1 atom stereocenters. The second-order valence-corrected chi connectivity index (χ2v) is 10.4. The molecule has 39 heavy (non-hydrogen) atoms. The highest BCUT2D eigenvalue weighted by atomic mass is 16.4. The summed E-state index contributed by atoms with van der Waals surface area (Å²) in [5, 5.41) is 20.4. The van der Waals surface area contributed by atoms with E-state index in [0.29, 0.717) is 38.2 Å². The monoisotopic (exact) mass is 535 g/mol. The fourth-order valence-electron chi connectivity index (χ4n) is 4.51. The van der Waals surface area contributed by atoms with E-state index in [1.165, 1.54) is 5.01 Å². The van der Waals surface area contributed by atoms with Crippen LogP contribution in [0, 0.1) is 5.41 Å². The van der Waals surface area contributed by atoms with Crippen molar-refractivity contribution < 1.29 is 24.3 Å². The van der Waals surface area contributed by atoms with Crippen molar-refractivity contribution in [1.29, 1.82) is 0 Å².